The summed E-state index contributed by atoms with van der Waals surface area (Å²) in [6, 6.07) is 9.17. The van der Waals surface area contributed by atoms with Crippen LogP contribution in [-0.2, 0) is 4.79 Å². The number of Topliss-reactive ketones (excluding diaryl/α,β-unsaturated/α-hetero) is 1. The van der Waals surface area contributed by atoms with Crippen LogP contribution in [0.3, 0.4) is 0 Å². The van der Waals surface area contributed by atoms with Gasteiger partial charge < -0.3 is 9.88 Å². The quantitative estimate of drug-likeness (QED) is 0.0540. The summed E-state index contributed by atoms with van der Waals surface area (Å²) in [5.41, 5.74) is 0.856. The van der Waals surface area contributed by atoms with Gasteiger partial charge in [-0.15, -0.1) is 9.80 Å². The van der Waals surface area contributed by atoms with E-state index in [1.54, 1.807) is 6.20 Å². The highest BCUT2D eigenvalue weighted by Crippen LogP contribution is 2.33. The van der Waals surface area contributed by atoms with Crippen molar-refractivity contribution in [2.45, 2.75) is 0 Å². The van der Waals surface area contributed by atoms with E-state index in [1.165, 1.54) is 26.7 Å². The van der Waals surface area contributed by atoms with Crippen LogP contribution >= 0.6 is 0 Å². The first-order valence-electron chi connectivity index (χ1n) is 11.9. The van der Waals surface area contributed by atoms with Crippen LogP contribution in [0.5, 0.6) is 0 Å². The number of carbonyl (C=O) groups is 2. The molecule has 3 aromatic heterocycles. The second-order valence-electron chi connectivity index (χ2n) is 9.28. The summed E-state index contributed by atoms with van der Waals surface area (Å²) in [7, 11) is 0. The van der Waals surface area contributed by atoms with E-state index in [-0.39, 0.29) is 40.1 Å². The number of halogens is 1. The Hall–Kier alpha value is -5.01. The standard InChI is InChI=1S/C24H22FN11O2/c25-18-9-29-22(35-7-6-30-32-35)20-19(18)17(8-28-20)21(37)23(38)33-10-14-12-34(13-15(14)11-33)24(26)36(31-27)16-4-2-1-3-5-16/h1-9,14-15,26-27H,10-13H2,(H,28,29,37)/p+1. The SMILES string of the molecule is N=C(N1CC2CN(C(=O)C(=O)c3c[nH]c4c(-n5ccnn5)ncc(F)c34)CC2C1)[N+](=NN)c1ccccc1. The highest BCUT2D eigenvalue weighted by molar-refractivity contribution is 6.45. The number of benzene rings is 1. The molecule has 192 valence electrons. The van der Waals surface area contributed by atoms with Crippen LogP contribution < -0.4 is 5.84 Å². The summed E-state index contributed by atoms with van der Waals surface area (Å²) >= 11 is 0. The van der Waals surface area contributed by atoms with Crippen molar-refractivity contribution in [1.29, 1.82) is 5.41 Å². The summed E-state index contributed by atoms with van der Waals surface area (Å²) in [6.45, 7) is 1.77. The van der Waals surface area contributed by atoms with Crippen LogP contribution in [0.1, 0.15) is 10.4 Å². The fraction of sp³-hybridized carbons (Fsp3) is 0.250. The number of hydrogen-bond acceptors (Lipinski definition) is 7. The number of hydrogen-bond donors (Lipinski definition) is 3. The number of guanidine groups is 1. The van der Waals surface area contributed by atoms with Crippen molar-refractivity contribution >= 4 is 34.2 Å². The number of para-hydroxylation sites is 1. The number of fused-ring (bicyclic) bond motifs is 2. The van der Waals surface area contributed by atoms with Crippen LogP contribution in [0.25, 0.3) is 16.7 Å². The van der Waals surface area contributed by atoms with Gasteiger partial charge in [0.15, 0.2) is 11.6 Å². The second kappa shape index (κ2) is 9.14. The maximum atomic E-state index is 14.8. The molecule has 6 rings (SSSR count). The number of amides is 1. The van der Waals surface area contributed by atoms with Gasteiger partial charge in [0.05, 0.1) is 48.1 Å². The molecule has 0 spiro atoms. The first kappa shape index (κ1) is 23.4. The van der Waals surface area contributed by atoms with Crippen molar-refractivity contribution in [1.82, 2.24) is 34.8 Å². The largest absolute Gasteiger partial charge is 0.365 e. The Morgan fingerprint density at radius 2 is 1.84 bits per heavy atom. The number of H-pyrrole nitrogens is 1. The molecule has 4 aromatic rings. The molecule has 1 aromatic carbocycles. The van der Waals surface area contributed by atoms with Crippen molar-refractivity contribution in [3.05, 3.63) is 66.5 Å². The number of nitrogens with two attached hydrogens (primary N) is 1. The Balaban J connectivity index is 1.17. The Morgan fingerprint density at radius 3 is 2.50 bits per heavy atom. The Labute approximate surface area is 214 Å². The number of aromatic nitrogens is 5. The van der Waals surface area contributed by atoms with Gasteiger partial charge in [-0.3, -0.25) is 14.5 Å². The molecule has 4 N–H and O–H groups in total. The van der Waals surface area contributed by atoms with Crippen LogP contribution in [0.2, 0.25) is 0 Å². The Bertz CT molecular complexity index is 1570. The summed E-state index contributed by atoms with van der Waals surface area (Å²) in [6.07, 6.45) is 5.31. The minimum atomic E-state index is -0.798. The molecule has 0 aliphatic carbocycles. The van der Waals surface area contributed by atoms with Crippen molar-refractivity contribution in [3.63, 3.8) is 0 Å². The molecule has 5 heterocycles. The third kappa shape index (κ3) is 3.77. The molecule has 0 saturated carbocycles. The second-order valence-corrected chi connectivity index (χ2v) is 9.28. The molecule has 0 bridgehead atoms. The van der Waals surface area contributed by atoms with Gasteiger partial charge in [0.25, 0.3) is 11.7 Å². The van der Waals surface area contributed by atoms with Gasteiger partial charge in [-0.05, 0) is 17.4 Å². The van der Waals surface area contributed by atoms with Gasteiger partial charge in [0.2, 0.25) is 0 Å². The van der Waals surface area contributed by atoms with Crippen molar-refractivity contribution in [3.8, 4) is 5.82 Å². The molecule has 13 nitrogen and oxygen atoms in total. The lowest BCUT2D eigenvalue weighted by Gasteiger charge is -2.20. The topological polar surface area (TPSA) is 165 Å². The number of nitrogens with zero attached hydrogens (tertiary/aromatic N) is 8. The summed E-state index contributed by atoms with van der Waals surface area (Å²) in [5.74, 6) is 3.92. The van der Waals surface area contributed by atoms with Gasteiger partial charge in [-0.2, -0.15) is 5.41 Å². The maximum absolute atomic E-state index is 14.8. The molecule has 14 heteroatoms. The van der Waals surface area contributed by atoms with E-state index in [9.17, 15) is 14.0 Å². The molecular formula is C24H23FN11O2+. The maximum Gasteiger partial charge on any atom is 0.365 e. The first-order chi connectivity index (χ1) is 18.5. The molecule has 2 atom stereocenters. The molecule has 2 fully saturated rings. The van der Waals surface area contributed by atoms with Gasteiger partial charge in [0, 0.05) is 31.1 Å². The first-order valence-corrected chi connectivity index (χ1v) is 11.9. The van der Waals surface area contributed by atoms with Crippen LogP contribution in [-0.4, -0.2) is 83.3 Å². The van der Waals surface area contributed by atoms with E-state index in [2.05, 4.69) is 25.5 Å². The molecule has 0 radical (unpaired) electrons. The number of ketones is 1. The van der Waals surface area contributed by atoms with Crippen LogP contribution in [0.15, 0.2) is 60.3 Å². The average molecular weight is 517 g/mol. The van der Waals surface area contributed by atoms with Crippen molar-refractivity contribution < 1.29 is 18.7 Å². The molecule has 38 heavy (non-hydrogen) atoms. The molecule has 2 aliphatic heterocycles. The minimum absolute atomic E-state index is 0.0191. The zero-order chi connectivity index (χ0) is 26.4. The lowest BCUT2D eigenvalue weighted by molar-refractivity contribution is -0.406. The van der Waals surface area contributed by atoms with E-state index in [0.717, 1.165) is 6.20 Å². The normalized spacial score (nSPS) is 19.2. The van der Waals surface area contributed by atoms with E-state index >= 15 is 0 Å². The highest BCUT2D eigenvalue weighted by Gasteiger charge is 2.46. The third-order valence-corrected chi connectivity index (χ3v) is 7.11. The lowest BCUT2D eigenvalue weighted by atomic mass is 10.0. The van der Waals surface area contributed by atoms with Crippen molar-refractivity contribution in [2.75, 3.05) is 26.2 Å². The Kier molecular flexibility index (Phi) is 5.62. The smallest absolute Gasteiger partial charge is 0.357 e. The van der Waals surface area contributed by atoms with E-state index in [4.69, 9.17) is 11.3 Å². The number of aromatic amines is 1. The monoisotopic (exact) mass is 516 g/mol. The van der Waals surface area contributed by atoms with E-state index < -0.39 is 17.5 Å². The van der Waals surface area contributed by atoms with Crippen LogP contribution in [0.4, 0.5) is 10.1 Å². The highest BCUT2D eigenvalue weighted by atomic mass is 19.1. The number of likely N-dealkylation sites (tertiary alicyclic amines) is 2. The predicted molar refractivity (Wildman–Crippen MR) is 131 cm³/mol. The van der Waals surface area contributed by atoms with Crippen LogP contribution in [0, 0.1) is 23.1 Å². The average Bonchev–Trinajstić information content (AvgIpc) is 3.73. The van der Waals surface area contributed by atoms with Gasteiger partial charge in [-0.1, -0.05) is 23.4 Å². The zero-order valence-corrected chi connectivity index (χ0v) is 20.0. The zero-order valence-electron chi connectivity index (χ0n) is 20.0. The van der Waals surface area contributed by atoms with Gasteiger partial charge >= 0.3 is 5.96 Å². The third-order valence-electron chi connectivity index (χ3n) is 7.11. The van der Waals surface area contributed by atoms with Crippen molar-refractivity contribution in [2.24, 2.45) is 22.9 Å². The number of rotatable bonds is 4. The molecule has 2 saturated heterocycles. The molecule has 2 unspecified atom stereocenters. The fourth-order valence-electron chi connectivity index (χ4n) is 5.31. The molecule has 1 amide bonds. The number of nitrogens with one attached hydrogen (secondary N) is 2. The van der Waals surface area contributed by atoms with Gasteiger partial charge in [0.1, 0.15) is 5.69 Å². The van der Waals surface area contributed by atoms with E-state index in [0.29, 0.717) is 31.9 Å². The van der Waals surface area contributed by atoms with Gasteiger partial charge in [-0.25, -0.2) is 19.9 Å². The lowest BCUT2D eigenvalue weighted by Crippen LogP contribution is -2.40. The Morgan fingerprint density at radius 1 is 1.13 bits per heavy atom. The number of pyridine rings is 1. The number of carbonyl (C=O) groups excluding carboxylic acids is 2. The summed E-state index contributed by atoms with van der Waals surface area (Å²) < 4.78 is 17.5. The molecule has 2 aliphatic rings. The van der Waals surface area contributed by atoms with E-state index in [1.807, 2.05) is 35.2 Å². The summed E-state index contributed by atoms with van der Waals surface area (Å²) in [4.78, 5) is 36.7. The minimum Gasteiger partial charge on any atom is -0.357 e. The fourth-order valence-corrected chi connectivity index (χ4v) is 5.31. The molecular weight excluding hydrogens is 493 g/mol. The predicted octanol–water partition coefficient (Wildman–Crippen LogP) is 1.46. The summed E-state index contributed by atoms with van der Waals surface area (Å²) in [5, 5.41) is 20.0.